The number of carbonyl (C=O) groups excluding carboxylic acids is 1. The van der Waals surface area contributed by atoms with E-state index in [9.17, 15) is 9.59 Å². The number of hydrogen-bond acceptors (Lipinski definition) is 2. The summed E-state index contributed by atoms with van der Waals surface area (Å²) in [6, 6.07) is 5.42. The first kappa shape index (κ1) is 16.6. The molecule has 124 valence electrons. The summed E-state index contributed by atoms with van der Waals surface area (Å²) in [7, 11) is 0. The summed E-state index contributed by atoms with van der Waals surface area (Å²) in [4.78, 5) is 26.0. The molecule has 23 heavy (non-hydrogen) atoms. The second kappa shape index (κ2) is 6.33. The molecule has 1 saturated heterocycles. The topological polar surface area (TPSA) is 57.6 Å². The Balaban J connectivity index is 1.79. The fourth-order valence-corrected chi connectivity index (χ4v) is 3.88. The van der Waals surface area contributed by atoms with Gasteiger partial charge in [-0.15, -0.1) is 0 Å². The number of likely N-dealkylation sites (tertiary alicyclic amines) is 1. The maximum absolute atomic E-state index is 13.1. The molecule has 1 heterocycles. The van der Waals surface area contributed by atoms with Crippen molar-refractivity contribution in [2.75, 3.05) is 13.1 Å². The van der Waals surface area contributed by atoms with Gasteiger partial charge in [-0.05, 0) is 43.4 Å². The van der Waals surface area contributed by atoms with Crippen molar-refractivity contribution < 1.29 is 14.7 Å². The van der Waals surface area contributed by atoms with Gasteiger partial charge >= 0.3 is 5.97 Å². The Bertz CT molecular complexity index is 635. The predicted molar refractivity (Wildman–Crippen MR) is 88.9 cm³/mol. The average Bonchev–Trinajstić information content (AvgIpc) is 2.49. The van der Waals surface area contributed by atoms with Crippen LogP contribution in [0.1, 0.15) is 37.7 Å². The quantitative estimate of drug-likeness (QED) is 0.898. The number of hydrogen-bond donors (Lipinski definition) is 1. The molecule has 1 aromatic carbocycles. The van der Waals surface area contributed by atoms with Crippen LogP contribution in [0.4, 0.5) is 0 Å². The number of piperidine rings is 1. The molecule has 4 nitrogen and oxygen atoms in total. The molecule has 1 aliphatic carbocycles. The Hall–Kier alpha value is -1.26. The maximum Gasteiger partial charge on any atom is 0.306 e. The van der Waals surface area contributed by atoms with Crippen molar-refractivity contribution in [3.63, 3.8) is 0 Å². The normalized spacial score (nSPS) is 20.9. The third-order valence-corrected chi connectivity index (χ3v) is 5.96. The first-order chi connectivity index (χ1) is 10.9. The van der Waals surface area contributed by atoms with E-state index in [-0.39, 0.29) is 11.8 Å². The van der Waals surface area contributed by atoms with Crippen LogP contribution in [0.5, 0.6) is 0 Å². The van der Waals surface area contributed by atoms with Crippen molar-refractivity contribution in [1.82, 2.24) is 4.90 Å². The predicted octanol–water partition coefficient (Wildman–Crippen LogP) is 3.74. The molecule has 0 spiro atoms. The Morgan fingerprint density at radius 3 is 2.26 bits per heavy atom. The highest BCUT2D eigenvalue weighted by atomic mass is 35.5. The summed E-state index contributed by atoms with van der Waals surface area (Å²) in [5, 5.41) is 10.0. The number of benzene rings is 1. The monoisotopic (exact) mass is 355 g/mol. The molecule has 1 amide bonds. The summed E-state index contributed by atoms with van der Waals surface area (Å²) < 4.78 is 0. The molecule has 0 bridgehead atoms. The molecule has 1 aliphatic heterocycles. The fourth-order valence-electron chi connectivity index (χ4n) is 3.58. The van der Waals surface area contributed by atoms with Crippen LogP contribution in [0, 0.1) is 5.92 Å². The van der Waals surface area contributed by atoms with Crippen molar-refractivity contribution in [2.45, 2.75) is 37.5 Å². The van der Waals surface area contributed by atoms with Gasteiger partial charge in [-0.2, -0.15) is 0 Å². The van der Waals surface area contributed by atoms with E-state index in [1.54, 1.807) is 12.1 Å². The Morgan fingerprint density at radius 2 is 1.78 bits per heavy atom. The minimum Gasteiger partial charge on any atom is -0.481 e. The number of carboxylic acids is 1. The lowest BCUT2D eigenvalue weighted by Gasteiger charge is -2.45. The second-order valence-electron chi connectivity index (χ2n) is 6.47. The van der Waals surface area contributed by atoms with Gasteiger partial charge in [0.2, 0.25) is 5.91 Å². The Kier molecular flexibility index (Phi) is 4.56. The van der Waals surface area contributed by atoms with E-state index < -0.39 is 11.4 Å². The molecule has 6 heteroatoms. The summed E-state index contributed by atoms with van der Waals surface area (Å²) in [5.74, 6) is -0.993. The molecule has 0 aromatic heterocycles. The molecule has 1 saturated carbocycles. The largest absolute Gasteiger partial charge is 0.481 e. The molecule has 2 aliphatic rings. The zero-order valence-corrected chi connectivity index (χ0v) is 14.2. The summed E-state index contributed by atoms with van der Waals surface area (Å²) in [6.07, 6.45) is 3.68. The Labute approximate surface area is 145 Å². The molecular formula is C17H19Cl2NO3. The molecule has 1 N–H and O–H groups in total. The average molecular weight is 356 g/mol. The lowest BCUT2D eigenvalue weighted by Crippen LogP contribution is -2.53. The van der Waals surface area contributed by atoms with Gasteiger partial charge in [0.1, 0.15) is 0 Å². The lowest BCUT2D eigenvalue weighted by molar-refractivity contribution is -0.148. The molecule has 2 fully saturated rings. The van der Waals surface area contributed by atoms with Crippen LogP contribution in [0.15, 0.2) is 18.2 Å². The number of halogens is 2. The van der Waals surface area contributed by atoms with Crippen molar-refractivity contribution in [3.05, 3.63) is 33.8 Å². The zero-order chi connectivity index (χ0) is 16.6. The van der Waals surface area contributed by atoms with E-state index in [0.29, 0.717) is 36.0 Å². The smallest absolute Gasteiger partial charge is 0.306 e. The van der Waals surface area contributed by atoms with E-state index in [2.05, 4.69) is 0 Å². The summed E-state index contributed by atoms with van der Waals surface area (Å²) in [6.45, 7) is 1.03. The first-order valence-electron chi connectivity index (χ1n) is 7.92. The highest BCUT2D eigenvalue weighted by molar-refractivity contribution is 6.42. The maximum atomic E-state index is 13.1. The van der Waals surface area contributed by atoms with Crippen LogP contribution < -0.4 is 0 Å². The van der Waals surface area contributed by atoms with Crippen LogP contribution in [0.3, 0.4) is 0 Å². The van der Waals surface area contributed by atoms with Crippen LogP contribution in [-0.2, 0) is 15.0 Å². The van der Waals surface area contributed by atoms with Gasteiger partial charge in [0.15, 0.2) is 0 Å². The molecular weight excluding hydrogens is 337 g/mol. The third kappa shape index (κ3) is 2.94. The van der Waals surface area contributed by atoms with Crippen LogP contribution in [0.2, 0.25) is 10.0 Å². The second-order valence-corrected chi connectivity index (χ2v) is 7.28. The van der Waals surface area contributed by atoms with Gasteiger partial charge in [0.05, 0.1) is 21.4 Å². The van der Waals surface area contributed by atoms with Crippen molar-refractivity contribution in [2.24, 2.45) is 5.92 Å². The van der Waals surface area contributed by atoms with E-state index in [1.807, 2.05) is 11.0 Å². The molecule has 1 aromatic rings. The zero-order valence-electron chi connectivity index (χ0n) is 12.7. The molecule has 3 rings (SSSR count). The molecule has 0 unspecified atom stereocenters. The van der Waals surface area contributed by atoms with Gasteiger partial charge in [0, 0.05) is 13.1 Å². The number of aliphatic carboxylic acids is 1. The first-order valence-corrected chi connectivity index (χ1v) is 8.67. The number of carboxylic acid groups (broad SMARTS) is 1. The van der Waals surface area contributed by atoms with E-state index >= 15 is 0 Å². The van der Waals surface area contributed by atoms with Gasteiger partial charge in [-0.25, -0.2) is 0 Å². The highest BCUT2D eigenvalue weighted by Crippen LogP contribution is 2.46. The van der Waals surface area contributed by atoms with E-state index in [4.69, 9.17) is 28.3 Å². The van der Waals surface area contributed by atoms with Gasteiger partial charge in [-0.1, -0.05) is 35.7 Å². The third-order valence-electron chi connectivity index (χ3n) is 5.22. The lowest BCUT2D eigenvalue weighted by atomic mass is 9.63. The minimum absolute atomic E-state index is 0.103. The van der Waals surface area contributed by atoms with E-state index in [0.717, 1.165) is 24.8 Å². The van der Waals surface area contributed by atoms with Crippen molar-refractivity contribution in [1.29, 1.82) is 0 Å². The van der Waals surface area contributed by atoms with Gasteiger partial charge in [-0.3, -0.25) is 9.59 Å². The van der Waals surface area contributed by atoms with Gasteiger partial charge < -0.3 is 10.0 Å². The summed E-state index contributed by atoms with van der Waals surface area (Å²) >= 11 is 12.1. The van der Waals surface area contributed by atoms with Crippen LogP contribution >= 0.6 is 23.2 Å². The molecule has 0 atom stereocenters. The van der Waals surface area contributed by atoms with Crippen molar-refractivity contribution >= 4 is 35.1 Å². The number of rotatable bonds is 3. The van der Waals surface area contributed by atoms with Gasteiger partial charge in [0.25, 0.3) is 0 Å². The highest BCUT2D eigenvalue weighted by Gasteiger charge is 2.48. The van der Waals surface area contributed by atoms with Crippen LogP contribution in [0.25, 0.3) is 0 Å². The number of nitrogens with zero attached hydrogens (tertiary/aromatic N) is 1. The molecule has 0 radical (unpaired) electrons. The number of amides is 1. The fraction of sp³-hybridized carbons (Fsp3) is 0.529. The van der Waals surface area contributed by atoms with Crippen LogP contribution in [-0.4, -0.2) is 35.0 Å². The van der Waals surface area contributed by atoms with Crippen molar-refractivity contribution in [3.8, 4) is 0 Å². The summed E-state index contributed by atoms with van der Waals surface area (Å²) in [5.41, 5.74) is 0.410. The van der Waals surface area contributed by atoms with E-state index in [1.165, 1.54) is 0 Å². The Morgan fingerprint density at radius 1 is 1.13 bits per heavy atom. The standard InChI is InChI=1S/C17H19Cl2NO3/c18-13-3-2-12(10-14(13)19)17(6-1-7-17)16(23)20-8-4-11(5-9-20)15(21)22/h2-3,10-11H,1,4-9H2,(H,21,22). The number of carbonyl (C=O) groups is 2. The minimum atomic E-state index is -0.764. The SMILES string of the molecule is O=C(O)C1CCN(C(=O)C2(c3ccc(Cl)c(Cl)c3)CCC2)CC1.